The number of hydrogen-bond acceptors (Lipinski definition) is 4. The molecule has 0 aliphatic carbocycles. The van der Waals surface area contributed by atoms with Gasteiger partial charge in [0.2, 0.25) is 15.9 Å². The van der Waals surface area contributed by atoms with Crippen LogP contribution in [0.1, 0.15) is 30.4 Å². The largest absolute Gasteiger partial charge is 0.351 e. The fourth-order valence-corrected chi connectivity index (χ4v) is 5.43. The lowest BCUT2D eigenvalue weighted by atomic mass is 10.1. The summed E-state index contributed by atoms with van der Waals surface area (Å²) in [5, 5.41) is 4.67. The summed E-state index contributed by atoms with van der Waals surface area (Å²) in [6.07, 6.45) is 3.82. The van der Waals surface area contributed by atoms with E-state index in [1.165, 1.54) is 31.9 Å². The van der Waals surface area contributed by atoms with Crippen molar-refractivity contribution >= 4 is 26.7 Å². The molecule has 0 saturated carbocycles. The topological polar surface area (TPSA) is 69.7 Å². The molecule has 0 bridgehead atoms. The molecule has 7 heteroatoms. The Hall–Kier alpha value is -2.74. The monoisotopic (exact) mass is 465 g/mol. The minimum Gasteiger partial charge on any atom is -0.351 e. The highest BCUT2D eigenvalue weighted by Crippen LogP contribution is 2.21. The first-order chi connectivity index (χ1) is 15.9. The fraction of sp³-hybridized carbons (Fsp3) is 0.346. The molecule has 0 unspecified atom stereocenters. The molecule has 1 aliphatic heterocycles. The van der Waals surface area contributed by atoms with Crippen LogP contribution in [0, 0.1) is 0 Å². The molecule has 1 amide bonds. The van der Waals surface area contributed by atoms with Crippen LogP contribution in [0.2, 0.25) is 0 Å². The summed E-state index contributed by atoms with van der Waals surface area (Å²) < 4.78 is 27.0. The zero-order valence-electron chi connectivity index (χ0n) is 19.0. The lowest BCUT2D eigenvalue weighted by Crippen LogP contribution is -2.38. The van der Waals surface area contributed by atoms with Gasteiger partial charge < -0.3 is 5.32 Å². The molecule has 0 radical (unpaired) electrons. The van der Waals surface area contributed by atoms with Crippen LogP contribution in [0.3, 0.4) is 0 Å². The van der Waals surface area contributed by atoms with Crippen molar-refractivity contribution in [1.29, 1.82) is 0 Å². The Kier molecular flexibility index (Phi) is 7.42. The normalized spacial score (nSPS) is 15.1. The standard InChI is InChI=1S/C26H31N3O3S/c1-28(33(31,32)25-13-12-23-10-3-4-11-24(23)17-25)20-26(30)27-18-21-8-7-9-22(16-21)19-29-14-5-2-6-15-29/h3-4,7-13,16-17H,2,5-6,14-15,18-20H2,1H3,(H,27,30). The maximum Gasteiger partial charge on any atom is 0.243 e. The van der Waals surface area contributed by atoms with Crippen molar-refractivity contribution in [1.82, 2.24) is 14.5 Å². The van der Waals surface area contributed by atoms with E-state index in [2.05, 4.69) is 22.3 Å². The second-order valence-electron chi connectivity index (χ2n) is 8.70. The summed E-state index contributed by atoms with van der Waals surface area (Å²) in [6, 6.07) is 20.8. The number of nitrogens with one attached hydrogen (secondary N) is 1. The maximum absolute atomic E-state index is 13.0. The van der Waals surface area contributed by atoms with Gasteiger partial charge in [0.1, 0.15) is 0 Å². The molecule has 4 rings (SSSR count). The highest BCUT2D eigenvalue weighted by Gasteiger charge is 2.23. The molecule has 6 nitrogen and oxygen atoms in total. The maximum atomic E-state index is 13.0. The number of carbonyl (C=O) groups excluding carboxylic acids is 1. The Morgan fingerprint density at radius 3 is 2.42 bits per heavy atom. The first-order valence-corrected chi connectivity index (χ1v) is 12.9. The predicted octanol–water partition coefficient (Wildman–Crippen LogP) is 3.76. The van der Waals surface area contributed by atoms with Crippen molar-refractivity contribution in [3.8, 4) is 0 Å². The number of fused-ring (bicyclic) bond motifs is 1. The van der Waals surface area contributed by atoms with Gasteiger partial charge in [0, 0.05) is 20.1 Å². The van der Waals surface area contributed by atoms with E-state index in [1.807, 2.05) is 36.4 Å². The van der Waals surface area contributed by atoms with Crippen LogP contribution < -0.4 is 5.32 Å². The molecule has 3 aromatic carbocycles. The van der Waals surface area contributed by atoms with Crippen molar-refractivity contribution in [2.45, 2.75) is 37.2 Å². The van der Waals surface area contributed by atoms with Gasteiger partial charge in [-0.3, -0.25) is 9.69 Å². The van der Waals surface area contributed by atoms with Gasteiger partial charge in [-0.15, -0.1) is 0 Å². The molecule has 0 atom stereocenters. The third kappa shape index (κ3) is 5.99. The van der Waals surface area contributed by atoms with Crippen molar-refractivity contribution in [2.75, 3.05) is 26.7 Å². The summed E-state index contributed by atoms with van der Waals surface area (Å²) in [5.74, 6) is -0.330. The van der Waals surface area contributed by atoms with Crippen molar-refractivity contribution < 1.29 is 13.2 Å². The average molecular weight is 466 g/mol. The first-order valence-electron chi connectivity index (χ1n) is 11.4. The van der Waals surface area contributed by atoms with Crippen molar-refractivity contribution in [3.05, 3.63) is 77.9 Å². The summed E-state index contributed by atoms with van der Waals surface area (Å²) >= 11 is 0. The summed E-state index contributed by atoms with van der Waals surface area (Å²) in [6.45, 7) is 3.34. The molecule has 0 aromatic heterocycles. The molecule has 0 spiro atoms. The van der Waals surface area contributed by atoms with Gasteiger partial charge in [0.15, 0.2) is 0 Å². The summed E-state index contributed by atoms with van der Waals surface area (Å²) in [7, 11) is -2.33. The summed E-state index contributed by atoms with van der Waals surface area (Å²) in [5.41, 5.74) is 2.25. The second-order valence-corrected chi connectivity index (χ2v) is 10.7. The second kappa shape index (κ2) is 10.5. The predicted molar refractivity (Wildman–Crippen MR) is 131 cm³/mol. The van der Waals surface area contributed by atoms with Crippen LogP contribution in [0.5, 0.6) is 0 Å². The molecular formula is C26H31N3O3S. The molecule has 1 heterocycles. The quantitative estimate of drug-likeness (QED) is 0.550. The van der Waals surface area contributed by atoms with Crippen LogP contribution in [-0.2, 0) is 27.9 Å². The smallest absolute Gasteiger partial charge is 0.243 e. The fourth-order valence-electron chi connectivity index (χ4n) is 4.27. The van der Waals surface area contributed by atoms with Crippen LogP contribution in [0.25, 0.3) is 10.8 Å². The summed E-state index contributed by atoms with van der Waals surface area (Å²) in [4.78, 5) is 15.1. The van der Waals surface area contributed by atoms with E-state index in [0.717, 1.165) is 40.3 Å². The number of hydrogen-bond donors (Lipinski definition) is 1. The number of piperidine rings is 1. The van der Waals surface area contributed by atoms with Gasteiger partial charge in [0.25, 0.3) is 0 Å². The number of sulfonamides is 1. The first kappa shape index (κ1) is 23.4. The van der Waals surface area contributed by atoms with Crippen molar-refractivity contribution in [2.24, 2.45) is 0 Å². The third-order valence-corrected chi connectivity index (χ3v) is 7.93. The number of nitrogens with zero attached hydrogens (tertiary/aromatic N) is 2. The third-order valence-electron chi connectivity index (χ3n) is 6.13. The van der Waals surface area contributed by atoms with E-state index in [-0.39, 0.29) is 17.3 Å². The Bertz CT molecular complexity index is 1220. The Morgan fingerprint density at radius 1 is 0.909 bits per heavy atom. The van der Waals surface area contributed by atoms with Gasteiger partial charge in [-0.2, -0.15) is 4.31 Å². The minimum atomic E-state index is -3.76. The van der Waals surface area contributed by atoms with E-state index in [9.17, 15) is 13.2 Å². The molecular weight excluding hydrogens is 434 g/mol. The highest BCUT2D eigenvalue weighted by atomic mass is 32.2. The number of likely N-dealkylation sites (tertiary alicyclic amines) is 1. The zero-order valence-corrected chi connectivity index (χ0v) is 19.9. The molecule has 174 valence electrons. The van der Waals surface area contributed by atoms with Crippen LogP contribution in [0.4, 0.5) is 0 Å². The van der Waals surface area contributed by atoms with Crippen LogP contribution >= 0.6 is 0 Å². The van der Waals surface area contributed by atoms with Gasteiger partial charge in [-0.1, -0.05) is 61.0 Å². The molecule has 1 aliphatic rings. The minimum absolute atomic E-state index is 0.182. The van der Waals surface area contributed by atoms with Gasteiger partial charge >= 0.3 is 0 Å². The zero-order chi connectivity index (χ0) is 23.3. The molecule has 33 heavy (non-hydrogen) atoms. The lowest BCUT2D eigenvalue weighted by Gasteiger charge is -2.26. The van der Waals surface area contributed by atoms with E-state index in [1.54, 1.807) is 18.2 Å². The molecule has 3 aromatic rings. The van der Waals surface area contributed by atoms with E-state index < -0.39 is 10.0 Å². The Labute approximate surface area is 196 Å². The number of rotatable bonds is 8. The highest BCUT2D eigenvalue weighted by molar-refractivity contribution is 7.89. The number of amides is 1. The van der Waals surface area contributed by atoms with E-state index >= 15 is 0 Å². The van der Waals surface area contributed by atoms with Crippen molar-refractivity contribution in [3.63, 3.8) is 0 Å². The molecule has 1 fully saturated rings. The Balaban J connectivity index is 1.33. The Morgan fingerprint density at radius 2 is 1.64 bits per heavy atom. The average Bonchev–Trinajstić information content (AvgIpc) is 2.83. The number of carbonyl (C=O) groups is 1. The van der Waals surface area contributed by atoms with E-state index in [4.69, 9.17) is 0 Å². The SMILES string of the molecule is CN(CC(=O)NCc1cccc(CN2CCCCC2)c1)S(=O)(=O)c1ccc2ccccc2c1. The van der Waals surface area contributed by atoms with E-state index in [0.29, 0.717) is 6.54 Å². The number of benzene rings is 3. The number of likely N-dealkylation sites (N-methyl/N-ethyl adjacent to an activating group) is 1. The van der Waals surface area contributed by atoms with Gasteiger partial charge in [0.05, 0.1) is 11.4 Å². The van der Waals surface area contributed by atoms with Gasteiger partial charge in [-0.05, 0) is 60.0 Å². The molecule has 1 N–H and O–H groups in total. The van der Waals surface area contributed by atoms with Crippen LogP contribution in [-0.4, -0.2) is 50.2 Å². The lowest BCUT2D eigenvalue weighted by molar-refractivity contribution is -0.121. The van der Waals surface area contributed by atoms with Crippen LogP contribution in [0.15, 0.2) is 71.6 Å². The van der Waals surface area contributed by atoms with Gasteiger partial charge in [-0.25, -0.2) is 8.42 Å². The molecule has 1 saturated heterocycles.